The highest BCUT2D eigenvalue weighted by molar-refractivity contribution is 14.1. The summed E-state index contributed by atoms with van der Waals surface area (Å²) in [6.45, 7) is 2.99. The van der Waals surface area contributed by atoms with Gasteiger partial charge in [-0.2, -0.15) is 0 Å². The minimum Gasteiger partial charge on any atom is -0.316 e. The summed E-state index contributed by atoms with van der Waals surface area (Å²) < 4.78 is 2.82. The Labute approximate surface area is 102 Å². The molecule has 0 aromatic carbocycles. The number of fused-ring (bicyclic) bond motifs is 4. The highest BCUT2D eigenvalue weighted by Gasteiger charge is 2.30. The van der Waals surface area contributed by atoms with Crippen molar-refractivity contribution in [1.82, 2.24) is 9.88 Å². The van der Waals surface area contributed by atoms with Crippen LogP contribution in [0.25, 0.3) is 0 Å². The van der Waals surface area contributed by atoms with Crippen molar-refractivity contribution in [3.8, 4) is 0 Å². The molecule has 0 spiro atoms. The average Bonchev–Trinajstić information content (AvgIpc) is 2.25. The predicted octanol–water partition coefficient (Wildman–Crippen LogP) is 1.16. The normalized spacial score (nSPS) is 28.6. The molecule has 1 saturated heterocycles. The molecule has 2 aliphatic rings. The molecule has 0 unspecified atom stereocenters. The molecule has 2 bridgehead atoms. The first-order valence-corrected chi connectivity index (χ1v) is 6.43. The molecule has 0 amide bonds. The Kier molecular flexibility index (Phi) is 2.35. The van der Waals surface area contributed by atoms with E-state index in [1.165, 1.54) is 12.1 Å². The zero-order chi connectivity index (χ0) is 10.4. The highest BCUT2D eigenvalue weighted by atomic mass is 127. The van der Waals surface area contributed by atoms with Gasteiger partial charge >= 0.3 is 0 Å². The van der Waals surface area contributed by atoms with Crippen molar-refractivity contribution in [2.45, 2.75) is 18.9 Å². The molecule has 1 aromatic rings. The van der Waals surface area contributed by atoms with Crippen LogP contribution in [0.3, 0.4) is 0 Å². The zero-order valence-electron chi connectivity index (χ0n) is 8.37. The van der Waals surface area contributed by atoms with E-state index in [2.05, 4.69) is 34.0 Å². The van der Waals surface area contributed by atoms with Crippen molar-refractivity contribution in [2.24, 2.45) is 5.92 Å². The lowest BCUT2D eigenvalue weighted by molar-refractivity contribution is 0.257. The van der Waals surface area contributed by atoms with Crippen molar-refractivity contribution >= 4 is 22.6 Å². The molecule has 2 atom stereocenters. The second-order valence-electron chi connectivity index (χ2n) is 4.48. The summed E-state index contributed by atoms with van der Waals surface area (Å²) in [5.41, 5.74) is 1.42. The van der Waals surface area contributed by atoms with Crippen LogP contribution in [0.2, 0.25) is 0 Å². The van der Waals surface area contributed by atoms with Crippen molar-refractivity contribution in [3.63, 3.8) is 0 Å². The topological polar surface area (TPSA) is 34.0 Å². The Morgan fingerprint density at radius 2 is 2.27 bits per heavy atom. The lowest BCUT2D eigenvalue weighted by atomic mass is 9.84. The number of hydrogen-bond donors (Lipinski definition) is 1. The first-order valence-electron chi connectivity index (χ1n) is 5.35. The monoisotopic (exact) mass is 316 g/mol. The van der Waals surface area contributed by atoms with E-state index in [9.17, 15) is 4.79 Å². The Bertz CT molecular complexity index is 454. The molecular formula is C11H13IN2O. The van der Waals surface area contributed by atoms with Crippen LogP contribution in [0.1, 0.15) is 18.0 Å². The minimum atomic E-state index is 0.199. The molecule has 0 radical (unpaired) electrons. The lowest BCUT2D eigenvalue weighted by Gasteiger charge is -2.37. The summed E-state index contributed by atoms with van der Waals surface area (Å²) in [7, 11) is 0. The van der Waals surface area contributed by atoms with E-state index >= 15 is 0 Å². The molecule has 0 aliphatic carbocycles. The van der Waals surface area contributed by atoms with E-state index in [-0.39, 0.29) is 5.56 Å². The van der Waals surface area contributed by atoms with Crippen LogP contribution >= 0.6 is 22.6 Å². The molecule has 3 rings (SSSR count). The molecule has 4 heteroatoms. The standard InChI is InChI=1S/C11H13IN2O/c12-9-1-2-10-8-3-7(4-13-5-8)6-14(10)11(9)15/h1-2,7-8,13H,3-6H2/t7-,8+/m0/s1. The summed E-state index contributed by atoms with van der Waals surface area (Å²) in [6.07, 6.45) is 1.24. The van der Waals surface area contributed by atoms with Crippen molar-refractivity contribution in [3.05, 3.63) is 31.8 Å². The first kappa shape index (κ1) is 9.84. The zero-order valence-corrected chi connectivity index (χ0v) is 10.5. The van der Waals surface area contributed by atoms with Gasteiger partial charge in [0.2, 0.25) is 0 Å². The summed E-state index contributed by atoms with van der Waals surface area (Å²) in [5.74, 6) is 1.19. The number of nitrogens with one attached hydrogen (secondary N) is 1. The van der Waals surface area contributed by atoms with Crippen molar-refractivity contribution in [1.29, 1.82) is 0 Å². The van der Waals surface area contributed by atoms with Gasteiger partial charge in [-0.05, 0) is 53.6 Å². The fraction of sp³-hybridized carbons (Fsp3) is 0.545. The molecule has 2 aliphatic heterocycles. The minimum absolute atomic E-state index is 0.199. The smallest absolute Gasteiger partial charge is 0.264 e. The van der Waals surface area contributed by atoms with Crippen LogP contribution in [0.5, 0.6) is 0 Å². The number of halogens is 1. The Morgan fingerprint density at radius 3 is 3.13 bits per heavy atom. The van der Waals surface area contributed by atoms with Crippen LogP contribution < -0.4 is 10.9 Å². The number of aromatic nitrogens is 1. The predicted molar refractivity (Wildman–Crippen MR) is 67.1 cm³/mol. The number of rotatable bonds is 0. The van der Waals surface area contributed by atoms with Crippen molar-refractivity contribution in [2.75, 3.05) is 13.1 Å². The van der Waals surface area contributed by atoms with Gasteiger partial charge < -0.3 is 9.88 Å². The highest BCUT2D eigenvalue weighted by Crippen LogP contribution is 2.31. The fourth-order valence-corrected chi connectivity index (χ4v) is 3.24. The maximum absolute atomic E-state index is 12.0. The molecule has 3 nitrogen and oxygen atoms in total. The summed E-state index contributed by atoms with van der Waals surface area (Å²) in [4.78, 5) is 12.0. The van der Waals surface area contributed by atoms with Gasteiger partial charge in [-0.25, -0.2) is 0 Å². The quantitative estimate of drug-likeness (QED) is 0.729. The van der Waals surface area contributed by atoms with Gasteiger partial charge in [-0.1, -0.05) is 0 Å². The Hall–Kier alpha value is -0.360. The van der Waals surface area contributed by atoms with Gasteiger partial charge in [0.15, 0.2) is 0 Å². The van der Waals surface area contributed by atoms with Crippen LogP contribution in [0.15, 0.2) is 16.9 Å². The lowest BCUT2D eigenvalue weighted by Crippen LogP contribution is -2.45. The van der Waals surface area contributed by atoms with Gasteiger partial charge in [-0.3, -0.25) is 4.79 Å². The molecular weight excluding hydrogens is 303 g/mol. The largest absolute Gasteiger partial charge is 0.316 e. The number of pyridine rings is 1. The third kappa shape index (κ3) is 1.54. The van der Waals surface area contributed by atoms with Gasteiger partial charge in [0, 0.05) is 24.7 Å². The molecule has 3 heterocycles. The molecule has 1 aromatic heterocycles. The maximum Gasteiger partial charge on any atom is 0.264 e. The second-order valence-corrected chi connectivity index (χ2v) is 5.64. The van der Waals surface area contributed by atoms with Crippen LogP contribution in [-0.2, 0) is 6.54 Å². The molecule has 15 heavy (non-hydrogen) atoms. The first-order chi connectivity index (χ1) is 7.25. The van der Waals surface area contributed by atoms with E-state index in [4.69, 9.17) is 0 Å². The SMILES string of the molecule is O=c1c(I)ccc2n1C[C@@H]1CNC[C@H]2C1. The van der Waals surface area contributed by atoms with E-state index in [0.717, 1.165) is 23.2 Å². The van der Waals surface area contributed by atoms with E-state index in [1.807, 2.05) is 10.6 Å². The van der Waals surface area contributed by atoms with E-state index in [0.29, 0.717) is 11.8 Å². The van der Waals surface area contributed by atoms with Gasteiger partial charge in [-0.15, -0.1) is 0 Å². The number of piperidine rings is 1. The third-order valence-corrected chi connectivity index (χ3v) is 4.28. The van der Waals surface area contributed by atoms with Crippen molar-refractivity contribution < 1.29 is 0 Å². The van der Waals surface area contributed by atoms with Gasteiger partial charge in [0.05, 0.1) is 3.57 Å². The summed E-state index contributed by atoms with van der Waals surface area (Å²) in [6, 6.07) is 4.07. The molecule has 80 valence electrons. The second kappa shape index (κ2) is 3.59. The molecule has 1 fully saturated rings. The summed E-state index contributed by atoms with van der Waals surface area (Å²) >= 11 is 2.13. The van der Waals surface area contributed by atoms with Gasteiger partial charge in [0.1, 0.15) is 0 Å². The maximum atomic E-state index is 12.0. The Balaban J connectivity index is 2.17. The third-order valence-electron chi connectivity index (χ3n) is 3.46. The molecule has 0 saturated carbocycles. The molecule has 1 N–H and O–H groups in total. The number of hydrogen-bond acceptors (Lipinski definition) is 2. The van der Waals surface area contributed by atoms with Crippen LogP contribution in [0, 0.1) is 9.49 Å². The van der Waals surface area contributed by atoms with Crippen LogP contribution in [0.4, 0.5) is 0 Å². The van der Waals surface area contributed by atoms with Crippen LogP contribution in [-0.4, -0.2) is 17.7 Å². The summed E-state index contributed by atoms with van der Waals surface area (Å²) in [5, 5.41) is 3.44. The fourth-order valence-electron chi connectivity index (χ4n) is 2.76. The van der Waals surface area contributed by atoms with E-state index in [1.54, 1.807) is 0 Å². The number of nitrogens with zero attached hydrogens (tertiary/aromatic N) is 1. The average molecular weight is 316 g/mol. The van der Waals surface area contributed by atoms with Gasteiger partial charge in [0.25, 0.3) is 5.56 Å². The Morgan fingerprint density at radius 1 is 1.40 bits per heavy atom. The van der Waals surface area contributed by atoms with E-state index < -0.39 is 0 Å².